The van der Waals surface area contributed by atoms with Gasteiger partial charge >= 0.3 is 0 Å². The molecule has 0 saturated carbocycles. The Labute approximate surface area is 169 Å². The Bertz CT molecular complexity index is 909. The molecule has 1 fully saturated rings. The van der Waals surface area contributed by atoms with E-state index in [9.17, 15) is 9.59 Å². The number of ether oxygens (including phenoxy) is 2. The number of benzene rings is 1. The molecule has 2 aromatic rings. The Balaban J connectivity index is 1.44. The summed E-state index contributed by atoms with van der Waals surface area (Å²) in [6.45, 7) is 7.20. The Morgan fingerprint density at radius 1 is 1.03 bits per heavy atom. The minimum atomic E-state index is -0.382. The summed E-state index contributed by atoms with van der Waals surface area (Å²) >= 11 is 0. The van der Waals surface area contributed by atoms with Gasteiger partial charge in [0.15, 0.2) is 11.5 Å². The molecule has 1 N–H and O–H groups in total. The maximum Gasteiger partial charge on any atom is 0.274 e. The van der Waals surface area contributed by atoms with Gasteiger partial charge in [0.05, 0.1) is 0 Å². The molecule has 0 radical (unpaired) electrons. The second-order valence-electron chi connectivity index (χ2n) is 6.97. The number of likely N-dealkylation sites (N-methyl/N-ethyl adjacent to an activating group) is 1. The second-order valence-corrected chi connectivity index (χ2v) is 6.97. The van der Waals surface area contributed by atoms with Crippen LogP contribution in [0, 0.1) is 0 Å². The number of fused-ring (bicyclic) bond motifs is 1. The first-order valence-electron chi connectivity index (χ1n) is 9.82. The molecule has 152 valence electrons. The largest absolute Gasteiger partial charge is 0.486 e. The molecule has 1 saturated heterocycles. The lowest BCUT2D eigenvalue weighted by atomic mass is 10.1. The zero-order chi connectivity index (χ0) is 20.2. The van der Waals surface area contributed by atoms with E-state index in [2.05, 4.69) is 22.1 Å². The predicted octanol–water partition coefficient (Wildman–Crippen LogP) is 1.88. The molecule has 2 aliphatic rings. The molecule has 2 amide bonds. The third-order valence-corrected chi connectivity index (χ3v) is 5.15. The molecule has 0 aliphatic carbocycles. The number of pyridine rings is 1. The Morgan fingerprint density at radius 3 is 2.55 bits per heavy atom. The molecule has 0 bridgehead atoms. The van der Waals surface area contributed by atoms with E-state index in [4.69, 9.17) is 9.47 Å². The quantitative estimate of drug-likeness (QED) is 0.850. The zero-order valence-corrected chi connectivity index (χ0v) is 16.4. The number of rotatable bonds is 4. The zero-order valence-electron chi connectivity index (χ0n) is 16.4. The average molecular weight is 396 g/mol. The van der Waals surface area contributed by atoms with E-state index in [0.29, 0.717) is 49.1 Å². The highest BCUT2D eigenvalue weighted by molar-refractivity contribution is 6.05. The monoisotopic (exact) mass is 396 g/mol. The van der Waals surface area contributed by atoms with Gasteiger partial charge in [0.1, 0.15) is 18.9 Å². The molecule has 4 rings (SSSR count). The summed E-state index contributed by atoms with van der Waals surface area (Å²) in [6.07, 6.45) is 1.49. The lowest BCUT2D eigenvalue weighted by molar-refractivity contribution is 0.0643. The number of amides is 2. The number of piperazine rings is 1. The van der Waals surface area contributed by atoms with Crippen molar-refractivity contribution >= 4 is 17.5 Å². The number of nitrogens with one attached hydrogen (secondary N) is 1. The van der Waals surface area contributed by atoms with Gasteiger partial charge in [-0.3, -0.25) is 14.6 Å². The average Bonchev–Trinajstić information content (AvgIpc) is 2.78. The summed E-state index contributed by atoms with van der Waals surface area (Å²) < 4.78 is 11.0. The molecule has 2 aliphatic heterocycles. The standard InChI is InChI=1S/C21H24N4O4/c1-2-24-7-9-25(10-8-24)21(27)15-5-6-22-17(13-15)20(26)23-16-3-4-18-19(14-16)29-12-11-28-18/h3-6,13-14H,2,7-12H2,1H3,(H,23,26). The van der Waals surface area contributed by atoms with Gasteiger partial charge in [-0.25, -0.2) is 0 Å². The fourth-order valence-corrected chi connectivity index (χ4v) is 3.45. The summed E-state index contributed by atoms with van der Waals surface area (Å²) in [5.41, 5.74) is 1.24. The molecule has 1 aromatic heterocycles. The molecule has 1 aromatic carbocycles. The molecule has 0 unspecified atom stereocenters. The molecule has 3 heterocycles. The van der Waals surface area contributed by atoms with Gasteiger partial charge in [-0.1, -0.05) is 6.92 Å². The highest BCUT2D eigenvalue weighted by atomic mass is 16.6. The van der Waals surface area contributed by atoms with Crippen molar-refractivity contribution in [1.82, 2.24) is 14.8 Å². The summed E-state index contributed by atoms with van der Waals surface area (Å²) in [5, 5.41) is 2.80. The molecular weight excluding hydrogens is 372 g/mol. The van der Waals surface area contributed by atoms with E-state index in [0.717, 1.165) is 19.6 Å². The van der Waals surface area contributed by atoms with Crippen molar-refractivity contribution in [3.8, 4) is 11.5 Å². The summed E-state index contributed by atoms with van der Waals surface area (Å²) in [4.78, 5) is 33.7. The van der Waals surface area contributed by atoms with E-state index in [1.54, 1.807) is 30.3 Å². The second kappa shape index (κ2) is 8.48. The van der Waals surface area contributed by atoms with Crippen LogP contribution in [0.3, 0.4) is 0 Å². The number of hydrogen-bond acceptors (Lipinski definition) is 6. The third kappa shape index (κ3) is 4.32. The summed E-state index contributed by atoms with van der Waals surface area (Å²) in [5.74, 6) is 0.795. The first-order chi connectivity index (χ1) is 14.1. The van der Waals surface area contributed by atoms with E-state index in [1.165, 1.54) is 6.20 Å². The predicted molar refractivity (Wildman–Crippen MR) is 108 cm³/mol. The van der Waals surface area contributed by atoms with Gasteiger partial charge in [-0.05, 0) is 30.8 Å². The van der Waals surface area contributed by atoms with Crippen molar-refractivity contribution in [3.63, 3.8) is 0 Å². The SMILES string of the molecule is CCN1CCN(C(=O)c2ccnc(C(=O)Nc3ccc4c(c3)OCCO4)c2)CC1. The van der Waals surface area contributed by atoms with Crippen LogP contribution in [0.5, 0.6) is 11.5 Å². The highest BCUT2D eigenvalue weighted by Gasteiger charge is 2.22. The topological polar surface area (TPSA) is 84.0 Å². The fraction of sp³-hybridized carbons (Fsp3) is 0.381. The van der Waals surface area contributed by atoms with Crippen LogP contribution in [0.25, 0.3) is 0 Å². The number of anilines is 1. The van der Waals surface area contributed by atoms with Gasteiger partial charge in [0.2, 0.25) is 0 Å². The van der Waals surface area contributed by atoms with E-state index >= 15 is 0 Å². The van der Waals surface area contributed by atoms with Crippen LogP contribution < -0.4 is 14.8 Å². The number of carbonyl (C=O) groups is 2. The number of nitrogens with zero attached hydrogens (tertiary/aromatic N) is 3. The lowest BCUT2D eigenvalue weighted by Gasteiger charge is -2.34. The maximum absolute atomic E-state index is 12.8. The van der Waals surface area contributed by atoms with Crippen LogP contribution in [-0.4, -0.2) is 72.5 Å². The number of aromatic nitrogens is 1. The molecular formula is C21H24N4O4. The molecule has 8 nitrogen and oxygen atoms in total. The van der Waals surface area contributed by atoms with Crippen LogP contribution >= 0.6 is 0 Å². The molecule has 0 atom stereocenters. The number of hydrogen-bond donors (Lipinski definition) is 1. The van der Waals surface area contributed by atoms with Crippen LogP contribution in [-0.2, 0) is 0 Å². The van der Waals surface area contributed by atoms with Gasteiger partial charge in [-0.2, -0.15) is 0 Å². The lowest BCUT2D eigenvalue weighted by Crippen LogP contribution is -2.48. The van der Waals surface area contributed by atoms with Crippen molar-refractivity contribution in [1.29, 1.82) is 0 Å². The Morgan fingerprint density at radius 2 is 1.79 bits per heavy atom. The van der Waals surface area contributed by atoms with Crippen molar-refractivity contribution in [2.24, 2.45) is 0 Å². The Kier molecular flexibility index (Phi) is 5.62. The van der Waals surface area contributed by atoms with Crippen LogP contribution in [0.1, 0.15) is 27.8 Å². The molecule has 29 heavy (non-hydrogen) atoms. The maximum atomic E-state index is 12.8. The first kappa shape index (κ1) is 19.2. The van der Waals surface area contributed by atoms with Crippen molar-refractivity contribution < 1.29 is 19.1 Å². The van der Waals surface area contributed by atoms with E-state index in [-0.39, 0.29) is 17.5 Å². The van der Waals surface area contributed by atoms with Gasteiger partial charge in [0, 0.05) is 49.7 Å². The van der Waals surface area contributed by atoms with Crippen LogP contribution in [0.15, 0.2) is 36.5 Å². The highest BCUT2D eigenvalue weighted by Crippen LogP contribution is 2.32. The Hall–Kier alpha value is -3.13. The van der Waals surface area contributed by atoms with Gasteiger partial charge < -0.3 is 24.6 Å². The van der Waals surface area contributed by atoms with Gasteiger partial charge in [-0.15, -0.1) is 0 Å². The van der Waals surface area contributed by atoms with Gasteiger partial charge in [0.25, 0.3) is 11.8 Å². The smallest absolute Gasteiger partial charge is 0.274 e. The van der Waals surface area contributed by atoms with Crippen molar-refractivity contribution in [2.45, 2.75) is 6.92 Å². The fourth-order valence-electron chi connectivity index (χ4n) is 3.45. The third-order valence-electron chi connectivity index (χ3n) is 5.15. The molecule has 8 heteroatoms. The normalized spacial score (nSPS) is 16.4. The molecule has 0 spiro atoms. The van der Waals surface area contributed by atoms with Crippen molar-refractivity contribution in [2.75, 3.05) is 51.3 Å². The van der Waals surface area contributed by atoms with Crippen LogP contribution in [0.4, 0.5) is 5.69 Å². The summed E-state index contributed by atoms with van der Waals surface area (Å²) in [6, 6.07) is 8.41. The summed E-state index contributed by atoms with van der Waals surface area (Å²) in [7, 11) is 0. The number of carbonyl (C=O) groups excluding carboxylic acids is 2. The minimum Gasteiger partial charge on any atom is -0.486 e. The van der Waals surface area contributed by atoms with Crippen LogP contribution in [0.2, 0.25) is 0 Å². The first-order valence-corrected chi connectivity index (χ1v) is 9.82. The van der Waals surface area contributed by atoms with Crippen molar-refractivity contribution in [3.05, 3.63) is 47.8 Å². The van der Waals surface area contributed by atoms with E-state index in [1.807, 2.05) is 4.90 Å². The van der Waals surface area contributed by atoms with E-state index < -0.39 is 0 Å². The minimum absolute atomic E-state index is 0.0727.